The highest BCUT2D eigenvalue weighted by Crippen LogP contribution is 2.25. The van der Waals surface area contributed by atoms with Crippen LogP contribution in [0.1, 0.15) is 31.1 Å². The molecule has 1 heterocycles. The Bertz CT molecular complexity index is 570. The van der Waals surface area contributed by atoms with Crippen molar-refractivity contribution in [2.75, 3.05) is 0 Å². The van der Waals surface area contributed by atoms with Gasteiger partial charge in [-0.25, -0.2) is 4.39 Å². The molecule has 0 spiro atoms. The van der Waals surface area contributed by atoms with Gasteiger partial charge in [-0.1, -0.05) is 20.8 Å². The highest BCUT2D eigenvalue weighted by Gasteiger charge is 2.26. The lowest BCUT2D eigenvalue weighted by Crippen LogP contribution is -2.22. The molecule has 0 aliphatic carbocycles. The van der Waals surface area contributed by atoms with Crippen LogP contribution in [-0.4, -0.2) is 20.8 Å². The van der Waals surface area contributed by atoms with Crippen molar-refractivity contribution < 1.29 is 9.18 Å². The van der Waals surface area contributed by atoms with E-state index in [0.717, 1.165) is 0 Å². The second-order valence-corrected chi connectivity index (χ2v) is 5.06. The minimum absolute atomic E-state index is 0.144. The summed E-state index contributed by atoms with van der Waals surface area (Å²) in [6, 6.07) is 4.03. The quantitative estimate of drug-likeness (QED) is 0.766. The van der Waals surface area contributed by atoms with Crippen LogP contribution >= 0.6 is 0 Å². The number of rotatable bonds is 2. The molecular weight excluding hydrogens is 233 g/mol. The van der Waals surface area contributed by atoms with E-state index in [4.69, 9.17) is 0 Å². The topological polar surface area (TPSA) is 47.8 Å². The molecule has 0 amide bonds. The maximum atomic E-state index is 13.3. The number of benzene rings is 1. The molecule has 0 aliphatic rings. The SMILES string of the molecule is CC(C)(C)C(=O)c1cc(F)ccc1-n1nccn1. The molecule has 2 rings (SSSR count). The van der Waals surface area contributed by atoms with Gasteiger partial charge < -0.3 is 0 Å². The number of carbonyl (C=O) groups excluding carboxylic acids is 1. The molecule has 0 unspecified atom stereocenters. The molecule has 5 heteroatoms. The summed E-state index contributed by atoms with van der Waals surface area (Å²) in [6.45, 7) is 5.38. The van der Waals surface area contributed by atoms with E-state index in [1.54, 1.807) is 20.8 Å². The van der Waals surface area contributed by atoms with Gasteiger partial charge in [0.05, 0.1) is 18.1 Å². The lowest BCUT2D eigenvalue weighted by Gasteiger charge is -2.18. The summed E-state index contributed by atoms with van der Waals surface area (Å²) in [5.74, 6) is -0.590. The van der Waals surface area contributed by atoms with Crippen LogP contribution in [0.5, 0.6) is 0 Å². The van der Waals surface area contributed by atoms with Crippen LogP contribution in [0.2, 0.25) is 0 Å². The van der Waals surface area contributed by atoms with Crippen molar-refractivity contribution in [1.29, 1.82) is 0 Å². The minimum atomic E-state index is -0.588. The fraction of sp³-hybridized carbons (Fsp3) is 0.308. The number of halogens is 1. The minimum Gasteiger partial charge on any atom is -0.294 e. The van der Waals surface area contributed by atoms with Crippen LogP contribution in [0, 0.1) is 11.2 Å². The molecular formula is C13H14FN3O. The number of ketones is 1. The number of hydrogen-bond acceptors (Lipinski definition) is 3. The Hall–Kier alpha value is -2.04. The summed E-state index contributed by atoms with van der Waals surface area (Å²) >= 11 is 0. The van der Waals surface area contributed by atoms with Crippen molar-refractivity contribution in [2.45, 2.75) is 20.8 Å². The van der Waals surface area contributed by atoms with Gasteiger partial charge in [-0.05, 0) is 18.2 Å². The van der Waals surface area contributed by atoms with Gasteiger partial charge in [0.15, 0.2) is 5.78 Å². The molecule has 1 aromatic heterocycles. The van der Waals surface area contributed by atoms with Gasteiger partial charge in [-0.3, -0.25) is 4.79 Å². The van der Waals surface area contributed by atoms with Crippen LogP contribution in [0.25, 0.3) is 5.69 Å². The fourth-order valence-electron chi connectivity index (χ4n) is 1.61. The average molecular weight is 247 g/mol. The standard InChI is InChI=1S/C13H14FN3O/c1-13(2,3)12(18)10-8-9(14)4-5-11(10)17-15-6-7-16-17/h4-8H,1-3H3. The molecule has 0 atom stereocenters. The van der Waals surface area contributed by atoms with Crippen molar-refractivity contribution in [3.05, 3.63) is 42.0 Å². The Kier molecular flexibility index (Phi) is 2.98. The normalized spacial score (nSPS) is 11.6. The molecule has 18 heavy (non-hydrogen) atoms. The van der Waals surface area contributed by atoms with Gasteiger partial charge >= 0.3 is 0 Å². The smallest absolute Gasteiger partial charge is 0.170 e. The highest BCUT2D eigenvalue weighted by atomic mass is 19.1. The summed E-state index contributed by atoms with van der Waals surface area (Å²) in [6.07, 6.45) is 3.02. The van der Waals surface area contributed by atoms with Gasteiger partial charge in [0.2, 0.25) is 0 Å². The molecule has 2 aromatic rings. The first kappa shape index (κ1) is 12.4. The van der Waals surface area contributed by atoms with E-state index in [9.17, 15) is 9.18 Å². The summed E-state index contributed by atoms with van der Waals surface area (Å²) in [4.78, 5) is 13.6. The molecule has 0 fully saturated rings. The molecule has 0 aliphatic heterocycles. The van der Waals surface area contributed by atoms with Gasteiger partial charge in [0.1, 0.15) is 5.82 Å². The molecule has 1 aromatic carbocycles. The van der Waals surface area contributed by atoms with Gasteiger partial charge in [-0.2, -0.15) is 15.0 Å². The van der Waals surface area contributed by atoms with Crippen molar-refractivity contribution in [1.82, 2.24) is 15.0 Å². The van der Waals surface area contributed by atoms with E-state index < -0.39 is 11.2 Å². The average Bonchev–Trinajstić information content (AvgIpc) is 2.80. The summed E-state index contributed by atoms with van der Waals surface area (Å²) in [5.41, 5.74) is 0.190. The van der Waals surface area contributed by atoms with Crippen molar-refractivity contribution >= 4 is 5.78 Å². The van der Waals surface area contributed by atoms with E-state index in [2.05, 4.69) is 10.2 Å². The van der Waals surface area contributed by atoms with E-state index in [1.807, 2.05) is 0 Å². The molecule has 0 bridgehead atoms. The van der Waals surface area contributed by atoms with E-state index >= 15 is 0 Å². The Balaban J connectivity index is 2.59. The molecule has 94 valence electrons. The monoisotopic (exact) mass is 247 g/mol. The van der Waals surface area contributed by atoms with Crippen LogP contribution < -0.4 is 0 Å². The van der Waals surface area contributed by atoms with E-state index in [-0.39, 0.29) is 5.78 Å². The van der Waals surface area contributed by atoms with Crippen molar-refractivity contribution in [2.24, 2.45) is 5.41 Å². The second kappa shape index (κ2) is 4.33. The first-order chi connectivity index (χ1) is 8.39. The predicted octanol–water partition coefficient (Wildman–Crippen LogP) is 2.64. The largest absolute Gasteiger partial charge is 0.294 e. The number of carbonyl (C=O) groups is 1. The Labute approximate surface area is 104 Å². The molecule has 0 saturated carbocycles. The third kappa shape index (κ3) is 2.30. The maximum absolute atomic E-state index is 13.3. The van der Waals surface area contributed by atoms with Crippen LogP contribution in [0.15, 0.2) is 30.6 Å². The zero-order valence-electron chi connectivity index (χ0n) is 10.5. The maximum Gasteiger partial charge on any atom is 0.170 e. The summed E-state index contributed by atoms with van der Waals surface area (Å²) in [5, 5.41) is 7.94. The third-order valence-corrected chi connectivity index (χ3v) is 2.52. The van der Waals surface area contributed by atoms with Crippen LogP contribution in [0.4, 0.5) is 4.39 Å². The summed E-state index contributed by atoms with van der Waals surface area (Å²) in [7, 11) is 0. The number of hydrogen-bond donors (Lipinski definition) is 0. The van der Waals surface area contributed by atoms with Crippen LogP contribution in [-0.2, 0) is 0 Å². The van der Waals surface area contributed by atoms with Crippen LogP contribution in [0.3, 0.4) is 0 Å². The van der Waals surface area contributed by atoms with Gasteiger partial charge in [-0.15, -0.1) is 0 Å². The molecule has 0 saturated heterocycles. The Morgan fingerprint density at radius 2 is 1.83 bits per heavy atom. The van der Waals surface area contributed by atoms with Gasteiger partial charge in [0, 0.05) is 11.0 Å². The number of aromatic nitrogens is 3. The second-order valence-electron chi connectivity index (χ2n) is 5.06. The molecule has 0 radical (unpaired) electrons. The first-order valence-corrected chi connectivity index (χ1v) is 5.60. The highest BCUT2D eigenvalue weighted by molar-refractivity contribution is 6.02. The van der Waals surface area contributed by atoms with Crippen molar-refractivity contribution in [3.63, 3.8) is 0 Å². The lowest BCUT2D eigenvalue weighted by molar-refractivity contribution is 0.0857. The lowest BCUT2D eigenvalue weighted by atomic mass is 9.86. The number of nitrogens with zero attached hydrogens (tertiary/aromatic N) is 3. The van der Waals surface area contributed by atoms with E-state index in [0.29, 0.717) is 11.3 Å². The Morgan fingerprint density at radius 1 is 1.22 bits per heavy atom. The van der Waals surface area contributed by atoms with Crippen molar-refractivity contribution in [3.8, 4) is 5.69 Å². The molecule has 0 N–H and O–H groups in total. The first-order valence-electron chi connectivity index (χ1n) is 5.60. The zero-order valence-corrected chi connectivity index (χ0v) is 10.5. The summed E-state index contributed by atoms with van der Waals surface area (Å²) < 4.78 is 13.3. The fourth-order valence-corrected chi connectivity index (χ4v) is 1.61. The van der Waals surface area contributed by atoms with Gasteiger partial charge in [0.25, 0.3) is 0 Å². The Morgan fingerprint density at radius 3 is 2.39 bits per heavy atom. The number of Topliss-reactive ketones (excluding diaryl/α,β-unsaturated/α-hetero) is 1. The van der Waals surface area contributed by atoms with E-state index in [1.165, 1.54) is 35.4 Å². The third-order valence-electron chi connectivity index (χ3n) is 2.52. The zero-order chi connectivity index (χ0) is 13.3. The predicted molar refractivity (Wildman–Crippen MR) is 65.1 cm³/mol. The molecule has 4 nitrogen and oxygen atoms in total.